The molecule has 1 fully saturated rings. The fourth-order valence-corrected chi connectivity index (χ4v) is 3.04. The van der Waals surface area contributed by atoms with Crippen molar-refractivity contribution >= 4 is 23.8 Å². The molecule has 0 aliphatic carbocycles. The van der Waals surface area contributed by atoms with Crippen LogP contribution in [0.15, 0.2) is 59.8 Å². The van der Waals surface area contributed by atoms with Gasteiger partial charge in [0, 0.05) is 12.0 Å². The third-order valence-electron chi connectivity index (χ3n) is 4.31. The van der Waals surface area contributed by atoms with Crippen molar-refractivity contribution < 1.29 is 19.2 Å². The zero-order chi connectivity index (χ0) is 19.1. The standard InChI is InChI=1S/C21H22N2O4/c1-2-26-21(25)19-12-13-20(24)23(19)18-11-7-6-10-17(18)14-22-27-15-16-8-4-3-5-9-16/h3-11,14,19H,2,12-13,15H2,1H3/b22-14+/t19-/m0/s1. The number of para-hydroxylation sites is 1. The number of carbonyl (C=O) groups is 2. The van der Waals surface area contributed by atoms with Crippen LogP contribution in [0.4, 0.5) is 5.69 Å². The fraction of sp³-hybridized carbons (Fsp3) is 0.286. The number of benzene rings is 2. The summed E-state index contributed by atoms with van der Waals surface area (Å²) in [6.07, 6.45) is 2.33. The van der Waals surface area contributed by atoms with Gasteiger partial charge in [-0.25, -0.2) is 4.79 Å². The van der Waals surface area contributed by atoms with Crippen LogP contribution >= 0.6 is 0 Å². The lowest BCUT2D eigenvalue weighted by atomic mass is 10.1. The maximum Gasteiger partial charge on any atom is 0.329 e. The number of esters is 1. The summed E-state index contributed by atoms with van der Waals surface area (Å²) in [6.45, 7) is 2.39. The molecule has 1 aliphatic rings. The highest BCUT2D eigenvalue weighted by atomic mass is 16.6. The van der Waals surface area contributed by atoms with Gasteiger partial charge in [0.1, 0.15) is 12.6 Å². The summed E-state index contributed by atoms with van der Waals surface area (Å²) in [7, 11) is 0. The van der Waals surface area contributed by atoms with Crippen molar-refractivity contribution in [3.63, 3.8) is 0 Å². The first-order valence-electron chi connectivity index (χ1n) is 8.97. The Bertz CT molecular complexity index is 820. The molecule has 0 N–H and O–H groups in total. The maximum atomic E-state index is 12.4. The Hall–Kier alpha value is -3.15. The first-order chi connectivity index (χ1) is 13.2. The molecule has 1 amide bonds. The lowest BCUT2D eigenvalue weighted by Gasteiger charge is -2.24. The molecule has 2 aromatic rings. The molecule has 0 unspecified atom stereocenters. The van der Waals surface area contributed by atoms with E-state index in [1.165, 1.54) is 4.90 Å². The van der Waals surface area contributed by atoms with E-state index in [4.69, 9.17) is 9.57 Å². The predicted molar refractivity (Wildman–Crippen MR) is 102 cm³/mol. The van der Waals surface area contributed by atoms with Gasteiger partial charge >= 0.3 is 5.97 Å². The summed E-state index contributed by atoms with van der Waals surface area (Å²) in [4.78, 5) is 31.5. The van der Waals surface area contributed by atoms with Crippen molar-refractivity contribution in [3.8, 4) is 0 Å². The first kappa shape index (κ1) is 18.6. The van der Waals surface area contributed by atoms with Gasteiger partial charge in [-0.15, -0.1) is 0 Å². The van der Waals surface area contributed by atoms with Gasteiger partial charge in [-0.3, -0.25) is 9.69 Å². The molecular formula is C21H22N2O4. The second-order valence-electron chi connectivity index (χ2n) is 6.12. The topological polar surface area (TPSA) is 68.2 Å². The van der Waals surface area contributed by atoms with Gasteiger partial charge in [-0.2, -0.15) is 0 Å². The lowest BCUT2D eigenvalue weighted by molar-refractivity contribution is -0.144. The molecule has 0 bridgehead atoms. The van der Waals surface area contributed by atoms with Crippen molar-refractivity contribution in [2.24, 2.45) is 5.16 Å². The molecule has 2 aromatic carbocycles. The number of anilines is 1. The smallest absolute Gasteiger partial charge is 0.329 e. The highest BCUT2D eigenvalue weighted by Gasteiger charge is 2.38. The number of ether oxygens (including phenoxy) is 1. The molecule has 0 spiro atoms. The van der Waals surface area contributed by atoms with Gasteiger partial charge in [-0.1, -0.05) is 53.7 Å². The highest BCUT2D eigenvalue weighted by molar-refractivity contribution is 6.05. The molecule has 140 valence electrons. The molecule has 27 heavy (non-hydrogen) atoms. The minimum atomic E-state index is -0.600. The summed E-state index contributed by atoms with van der Waals surface area (Å²) >= 11 is 0. The van der Waals surface area contributed by atoms with Crippen LogP contribution in [-0.4, -0.2) is 30.7 Å². The van der Waals surface area contributed by atoms with Crippen LogP contribution in [0.2, 0.25) is 0 Å². The van der Waals surface area contributed by atoms with E-state index >= 15 is 0 Å². The van der Waals surface area contributed by atoms with Crippen LogP contribution < -0.4 is 4.90 Å². The zero-order valence-corrected chi connectivity index (χ0v) is 15.2. The molecule has 6 heteroatoms. The Labute approximate surface area is 158 Å². The summed E-state index contributed by atoms with van der Waals surface area (Å²) in [5, 5.41) is 4.02. The molecule has 3 rings (SSSR count). The normalized spacial score (nSPS) is 16.7. The van der Waals surface area contributed by atoms with Crippen LogP contribution in [0.25, 0.3) is 0 Å². The monoisotopic (exact) mass is 366 g/mol. The molecule has 0 aromatic heterocycles. The molecule has 0 radical (unpaired) electrons. The molecule has 1 aliphatic heterocycles. The zero-order valence-electron chi connectivity index (χ0n) is 15.2. The number of hydrogen-bond donors (Lipinski definition) is 0. The van der Waals surface area contributed by atoms with Gasteiger partial charge in [0.05, 0.1) is 18.5 Å². The van der Waals surface area contributed by atoms with Crippen LogP contribution in [0.5, 0.6) is 0 Å². The van der Waals surface area contributed by atoms with E-state index in [0.29, 0.717) is 30.7 Å². The highest BCUT2D eigenvalue weighted by Crippen LogP contribution is 2.29. The number of nitrogens with zero attached hydrogens (tertiary/aromatic N) is 2. The van der Waals surface area contributed by atoms with Crippen LogP contribution in [0.3, 0.4) is 0 Å². The van der Waals surface area contributed by atoms with E-state index in [1.807, 2.05) is 48.5 Å². The van der Waals surface area contributed by atoms with Crippen molar-refractivity contribution in [2.75, 3.05) is 11.5 Å². The SMILES string of the molecule is CCOC(=O)[C@@H]1CCC(=O)N1c1ccccc1/C=N/OCc1ccccc1. The van der Waals surface area contributed by atoms with Crippen molar-refractivity contribution in [2.45, 2.75) is 32.4 Å². The fourth-order valence-electron chi connectivity index (χ4n) is 3.04. The first-order valence-corrected chi connectivity index (χ1v) is 8.97. The largest absolute Gasteiger partial charge is 0.464 e. The van der Waals surface area contributed by atoms with Gasteiger partial charge in [0.25, 0.3) is 0 Å². The predicted octanol–water partition coefficient (Wildman–Crippen LogP) is 3.30. The lowest BCUT2D eigenvalue weighted by Crippen LogP contribution is -2.40. The van der Waals surface area contributed by atoms with Crippen molar-refractivity contribution in [1.82, 2.24) is 0 Å². The minimum Gasteiger partial charge on any atom is -0.464 e. The Kier molecular flexibility index (Phi) is 6.20. The summed E-state index contributed by atoms with van der Waals surface area (Å²) in [6, 6.07) is 16.4. The Balaban J connectivity index is 1.75. The van der Waals surface area contributed by atoms with Crippen LogP contribution in [0.1, 0.15) is 30.9 Å². The second-order valence-corrected chi connectivity index (χ2v) is 6.12. The summed E-state index contributed by atoms with van der Waals surface area (Å²) < 4.78 is 5.12. The number of rotatable bonds is 7. The number of amides is 1. The molecule has 1 saturated heterocycles. The Morgan fingerprint density at radius 2 is 1.93 bits per heavy atom. The van der Waals surface area contributed by atoms with E-state index in [9.17, 15) is 9.59 Å². The molecule has 1 atom stereocenters. The number of carbonyl (C=O) groups excluding carboxylic acids is 2. The Morgan fingerprint density at radius 1 is 1.19 bits per heavy atom. The molecular weight excluding hydrogens is 344 g/mol. The average molecular weight is 366 g/mol. The van der Waals surface area contributed by atoms with Gasteiger partial charge in [0.2, 0.25) is 5.91 Å². The summed E-state index contributed by atoms with van der Waals surface area (Å²) in [5.74, 6) is -0.477. The summed E-state index contributed by atoms with van der Waals surface area (Å²) in [5.41, 5.74) is 2.35. The van der Waals surface area contributed by atoms with Crippen LogP contribution in [0, 0.1) is 0 Å². The van der Waals surface area contributed by atoms with E-state index in [0.717, 1.165) is 5.56 Å². The van der Waals surface area contributed by atoms with Gasteiger partial charge < -0.3 is 9.57 Å². The van der Waals surface area contributed by atoms with Crippen molar-refractivity contribution in [3.05, 3.63) is 65.7 Å². The van der Waals surface area contributed by atoms with E-state index < -0.39 is 6.04 Å². The van der Waals surface area contributed by atoms with Gasteiger partial charge in [-0.05, 0) is 25.0 Å². The quantitative estimate of drug-likeness (QED) is 0.428. The minimum absolute atomic E-state index is 0.0980. The van der Waals surface area contributed by atoms with Crippen LogP contribution in [-0.2, 0) is 25.8 Å². The van der Waals surface area contributed by atoms with Crippen molar-refractivity contribution in [1.29, 1.82) is 0 Å². The number of oxime groups is 1. The second kappa shape index (κ2) is 8.98. The molecule has 6 nitrogen and oxygen atoms in total. The molecule has 0 saturated carbocycles. The maximum absolute atomic E-state index is 12.4. The van der Waals surface area contributed by atoms with E-state index in [-0.39, 0.29) is 18.5 Å². The third kappa shape index (κ3) is 4.53. The molecule has 1 heterocycles. The van der Waals surface area contributed by atoms with E-state index in [1.54, 1.807) is 19.2 Å². The van der Waals surface area contributed by atoms with E-state index in [2.05, 4.69) is 5.16 Å². The average Bonchev–Trinajstić information content (AvgIpc) is 3.08. The number of hydrogen-bond acceptors (Lipinski definition) is 5. The van der Waals surface area contributed by atoms with Gasteiger partial charge in [0.15, 0.2) is 0 Å². The third-order valence-corrected chi connectivity index (χ3v) is 4.31. The Morgan fingerprint density at radius 3 is 2.70 bits per heavy atom.